The highest BCUT2D eigenvalue weighted by Crippen LogP contribution is 2.19. The third kappa shape index (κ3) is 5.05. The second kappa shape index (κ2) is 9.26. The van der Waals surface area contributed by atoms with Crippen LogP contribution in [0, 0.1) is 13.8 Å². The number of fused-ring (bicyclic) bond motifs is 1. The zero-order valence-corrected chi connectivity index (χ0v) is 17.2. The van der Waals surface area contributed by atoms with Gasteiger partial charge in [0.15, 0.2) is 6.10 Å². The zero-order chi connectivity index (χ0) is 21.7. The highest BCUT2D eigenvalue weighted by atomic mass is 16.5. The molecule has 1 atom stereocenters. The number of esters is 1. The van der Waals surface area contributed by atoms with E-state index >= 15 is 0 Å². The van der Waals surface area contributed by atoms with Gasteiger partial charge in [-0.3, -0.25) is 14.4 Å². The predicted molar refractivity (Wildman–Crippen MR) is 115 cm³/mol. The molecule has 0 spiro atoms. The average Bonchev–Trinajstić information content (AvgIpc) is 3.11. The highest BCUT2D eigenvalue weighted by molar-refractivity contribution is 5.96. The number of anilines is 1. The number of benzene rings is 2. The quantitative estimate of drug-likeness (QED) is 0.524. The van der Waals surface area contributed by atoms with Crippen LogP contribution in [-0.2, 0) is 25.5 Å². The Bertz CT molecular complexity index is 1070. The van der Waals surface area contributed by atoms with Gasteiger partial charge in [-0.1, -0.05) is 36.4 Å². The number of rotatable bonds is 7. The number of H-pyrrole nitrogens is 1. The van der Waals surface area contributed by atoms with Crippen LogP contribution >= 0.6 is 0 Å². The van der Waals surface area contributed by atoms with Gasteiger partial charge in [-0.2, -0.15) is 0 Å². The number of ether oxygens (including phenoxy) is 1. The lowest BCUT2D eigenvalue weighted by Gasteiger charge is -2.14. The van der Waals surface area contributed by atoms with Gasteiger partial charge in [-0.05, 0) is 43.5 Å². The Kier molecular flexibility index (Phi) is 6.51. The summed E-state index contributed by atoms with van der Waals surface area (Å²) in [6.45, 7) is 5.07. The molecule has 0 aliphatic rings. The first-order valence-corrected chi connectivity index (χ1v) is 9.73. The van der Waals surface area contributed by atoms with Gasteiger partial charge in [0.2, 0.25) is 5.91 Å². The van der Waals surface area contributed by atoms with E-state index in [9.17, 15) is 14.4 Å². The maximum absolute atomic E-state index is 12.2. The Balaban J connectivity index is 1.48. The SMILES string of the molecule is Cc1cccc(C)c1NC(=O)CNC(=O)[C@@H](C)OC(=O)Cc1c[nH]c2ccccc12. The summed E-state index contributed by atoms with van der Waals surface area (Å²) in [6, 6.07) is 13.3. The number of nitrogens with one attached hydrogen (secondary N) is 3. The zero-order valence-electron chi connectivity index (χ0n) is 17.2. The Hall–Kier alpha value is -3.61. The number of amides is 2. The fourth-order valence-electron chi connectivity index (χ4n) is 3.23. The van der Waals surface area contributed by atoms with Crippen LogP contribution in [0.25, 0.3) is 10.9 Å². The van der Waals surface area contributed by atoms with Crippen LogP contribution in [-0.4, -0.2) is 35.4 Å². The standard InChI is InChI=1S/C23H25N3O4/c1-14-7-6-8-15(2)22(14)26-20(27)13-25-23(29)16(3)30-21(28)11-17-12-24-19-10-5-4-9-18(17)19/h4-10,12,16,24H,11,13H2,1-3H3,(H,25,29)(H,26,27)/t16-/m1/s1. The lowest BCUT2D eigenvalue weighted by atomic mass is 10.1. The fraction of sp³-hybridized carbons (Fsp3) is 0.261. The summed E-state index contributed by atoms with van der Waals surface area (Å²) in [6.07, 6.45) is 0.805. The molecule has 0 unspecified atom stereocenters. The molecule has 156 valence electrons. The number of hydrogen-bond donors (Lipinski definition) is 3. The molecule has 3 aromatic rings. The molecule has 0 fully saturated rings. The van der Waals surface area contributed by atoms with Crippen LogP contribution in [0.15, 0.2) is 48.7 Å². The van der Waals surface area contributed by atoms with Gasteiger partial charge >= 0.3 is 5.97 Å². The maximum atomic E-state index is 12.2. The first kappa shape index (κ1) is 21.1. The second-order valence-electron chi connectivity index (χ2n) is 7.20. The maximum Gasteiger partial charge on any atom is 0.311 e. The fourth-order valence-corrected chi connectivity index (χ4v) is 3.23. The van der Waals surface area contributed by atoms with Gasteiger partial charge in [0.05, 0.1) is 13.0 Å². The number of carbonyl (C=O) groups is 3. The van der Waals surface area contributed by atoms with Gasteiger partial charge < -0.3 is 20.4 Å². The molecule has 1 heterocycles. The van der Waals surface area contributed by atoms with Crippen molar-refractivity contribution in [2.45, 2.75) is 33.3 Å². The molecule has 0 saturated carbocycles. The largest absolute Gasteiger partial charge is 0.452 e. The highest BCUT2D eigenvalue weighted by Gasteiger charge is 2.19. The summed E-state index contributed by atoms with van der Waals surface area (Å²) in [7, 11) is 0. The van der Waals surface area contributed by atoms with E-state index in [-0.39, 0.29) is 18.9 Å². The van der Waals surface area contributed by atoms with Gasteiger partial charge in [-0.25, -0.2) is 0 Å². The smallest absolute Gasteiger partial charge is 0.311 e. The Morgan fingerprint density at radius 2 is 1.73 bits per heavy atom. The molecule has 0 aliphatic carbocycles. The Morgan fingerprint density at radius 1 is 1.03 bits per heavy atom. The van der Waals surface area contributed by atoms with E-state index in [1.54, 1.807) is 6.20 Å². The summed E-state index contributed by atoms with van der Waals surface area (Å²) in [4.78, 5) is 39.7. The lowest BCUT2D eigenvalue weighted by Crippen LogP contribution is -2.40. The van der Waals surface area contributed by atoms with Crippen molar-refractivity contribution in [1.82, 2.24) is 10.3 Å². The van der Waals surface area contributed by atoms with Crippen LogP contribution in [0.5, 0.6) is 0 Å². The molecular weight excluding hydrogens is 382 g/mol. The van der Waals surface area contributed by atoms with Crippen molar-refractivity contribution >= 4 is 34.4 Å². The van der Waals surface area contributed by atoms with E-state index in [1.165, 1.54) is 6.92 Å². The molecule has 7 heteroatoms. The van der Waals surface area contributed by atoms with Crippen LogP contribution in [0.2, 0.25) is 0 Å². The molecule has 30 heavy (non-hydrogen) atoms. The van der Waals surface area contributed by atoms with Crippen molar-refractivity contribution in [3.05, 3.63) is 65.4 Å². The minimum Gasteiger partial charge on any atom is -0.452 e. The molecular formula is C23H25N3O4. The van der Waals surface area contributed by atoms with Crippen LogP contribution in [0.1, 0.15) is 23.6 Å². The van der Waals surface area contributed by atoms with E-state index in [1.807, 2.05) is 56.3 Å². The molecule has 2 aromatic carbocycles. The number of aromatic amines is 1. The average molecular weight is 407 g/mol. The van der Waals surface area contributed by atoms with Gasteiger partial charge in [-0.15, -0.1) is 0 Å². The third-order valence-corrected chi connectivity index (χ3v) is 4.86. The summed E-state index contributed by atoms with van der Waals surface area (Å²) in [5.74, 6) is -1.39. The first-order valence-electron chi connectivity index (χ1n) is 9.73. The summed E-state index contributed by atoms with van der Waals surface area (Å²) in [5.41, 5.74) is 4.34. The molecule has 2 amide bonds. The van der Waals surface area contributed by atoms with Crippen LogP contribution in [0.3, 0.4) is 0 Å². The Labute approximate surface area is 174 Å². The molecule has 3 rings (SSSR count). The topological polar surface area (TPSA) is 100 Å². The second-order valence-corrected chi connectivity index (χ2v) is 7.20. The minimum atomic E-state index is -1.00. The van der Waals surface area contributed by atoms with Gasteiger partial charge in [0, 0.05) is 22.8 Å². The van der Waals surface area contributed by atoms with Crippen molar-refractivity contribution in [3.8, 4) is 0 Å². The van der Waals surface area contributed by atoms with Crippen molar-refractivity contribution < 1.29 is 19.1 Å². The van der Waals surface area contributed by atoms with Gasteiger partial charge in [0.25, 0.3) is 5.91 Å². The Morgan fingerprint density at radius 3 is 2.47 bits per heavy atom. The number of aromatic nitrogens is 1. The molecule has 3 N–H and O–H groups in total. The van der Waals surface area contributed by atoms with E-state index in [0.717, 1.165) is 33.3 Å². The van der Waals surface area contributed by atoms with E-state index in [2.05, 4.69) is 15.6 Å². The van der Waals surface area contributed by atoms with Crippen molar-refractivity contribution in [2.24, 2.45) is 0 Å². The number of carbonyl (C=O) groups excluding carboxylic acids is 3. The molecule has 7 nitrogen and oxygen atoms in total. The third-order valence-electron chi connectivity index (χ3n) is 4.86. The summed E-state index contributed by atoms with van der Waals surface area (Å²) < 4.78 is 5.23. The van der Waals surface area contributed by atoms with Crippen molar-refractivity contribution in [2.75, 3.05) is 11.9 Å². The van der Waals surface area contributed by atoms with Crippen LogP contribution < -0.4 is 10.6 Å². The van der Waals surface area contributed by atoms with E-state index in [0.29, 0.717) is 0 Å². The first-order chi connectivity index (χ1) is 14.3. The number of aryl methyl sites for hydroxylation is 2. The van der Waals surface area contributed by atoms with E-state index < -0.39 is 18.0 Å². The minimum absolute atomic E-state index is 0.0503. The molecule has 0 saturated heterocycles. The van der Waals surface area contributed by atoms with Crippen LogP contribution in [0.4, 0.5) is 5.69 Å². The van der Waals surface area contributed by atoms with Gasteiger partial charge in [0.1, 0.15) is 0 Å². The number of hydrogen-bond acceptors (Lipinski definition) is 4. The summed E-state index contributed by atoms with van der Waals surface area (Å²) >= 11 is 0. The molecule has 0 radical (unpaired) electrons. The van der Waals surface area contributed by atoms with Crippen molar-refractivity contribution in [3.63, 3.8) is 0 Å². The molecule has 0 aliphatic heterocycles. The predicted octanol–water partition coefficient (Wildman–Crippen LogP) is 3.01. The summed E-state index contributed by atoms with van der Waals surface area (Å²) in [5, 5.41) is 6.24. The number of para-hydroxylation sites is 2. The molecule has 1 aromatic heterocycles. The van der Waals surface area contributed by atoms with E-state index in [4.69, 9.17) is 4.74 Å². The lowest BCUT2D eigenvalue weighted by molar-refractivity contribution is -0.154. The van der Waals surface area contributed by atoms with Crippen molar-refractivity contribution in [1.29, 1.82) is 0 Å². The normalized spacial score (nSPS) is 11.7. The molecule has 0 bridgehead atoms. The monoisotopic (exact) mass is 407 g/mol.